The summed E-state index contributed by atoms with van der Waals surface area (Å²) in [6.45, 7) is 3.71. The van der Waals surface area contributed by atoms with E-state index < -0.39 is 0 Å². The molecule has 1 saturated carbocycles. The van der Waals surface area contributed by atoms with E-state index in [2.05, 4.69) is 54.3 Å². The van der Waals surface area contributed by atoms with Gasteiger partial charge in [-0.25, -0.2) is 0 Å². The summed E-state index contributed by atoms with van der Waals surface area (Å²) < 4.78 is 5.97. The van der Waals surface area contributed by atoms with Crippen LogP contribution >= 0.6 is 0 Å². The average molecular weight is 265 g/mol. The van der Waals surface area contributed by atoms with Crippen LogP contribution in [0.15, 0.2) is 42.5 Å². The highest BCUT2D eigenvalue weighted by Crippen LogP contribution is 2.42. The maximum absolute atomic E-state index is 5.97. The number of aryl methyl sites for hydroxylation is 1. The molecule has 2 aliphatic rings. The minimum atomic E-state index is 0.643. The third kappa shape index (κ3) is 2.15. The number of rotatable bonds is 2. The van der Waals surface area contributed by atoms with E-state index in [0.717, 1.165) is 18.2 Å². The van der Waals surface area contributed by atoms with Crippen molar-refractivity contribution in [1.82, 2.24) is 0 Å². The fourth-order valence-corrected chi connectivity index (χ4v) is 2.90. The molecule has 20 heavy (non-hydrogen) atoms. The van der Waals surface area contributed by atoms with Crippen molar-refractivity contribution in [2.75, 3.05) is 11.6 Å². The lowest BCUT2D eigenvalue weighted by molar-refractivity contribution is 0.289. The van der Waals surface area contributed by atoms with E-state index in [1.807, 2.05) is 0 Å². The third-order valence-corrected chi connectivity index (χ3v) is 4.24. The van der Waals surface area contributed by atoms with Crippen LogP contribution in [0.3, 0.4) is 0 Å². The van der Waals surface area contributed by atoms with Gasteiger partial charge in [0.25, 0.3) is 0 Å². The highest BCUT2D eigenvalue weighted by Gasteiger charge is 2.25. The molecular weight excluding hydrogens is 246 g/mol. The zero-order valence-corrected chi connectivity index (χ0v) is 11.8. The summed E-state index contributed by atoms with van der Waals surface area (Å²) in [5, 5.41) is 0. The highest BCUT2D eigenvalue weighted by atomic mass is 16.5. The maximum atomic E-state index is 5.97. The topological polar surface area (TPSA) is 12.5 Å². The molecule has 1 heterocycles. The van der Waals surface area contributed by atoms with Crippen molar-refractivity contribution >= 4 is 5.69 Å². The molecule has 0 bridgehead atoms. The molecule has 1 fully saturated rings. The first-order chi connectivity index (χ1) is 9.79. The zero-order chi connectivity index (χ0) is 13.5. The Morgan fingerprint density at radius 3 is 2.80 bits per heavy atom. The van der Waals surface area contributed by atoms with Gasteiger partial charge in [-0.3, -0.25) is 0 Å². The van der Waals surface area contributed by atoms with Gasteiger partial charge in [0.2, 0.25) is 0 Å². The number of hydrogen-bond donors (Lipinski definition) is 0. The van der Waals surface area contributed by atoms with Crippen LogP contribution in [0.5, 0.6) is 5.75 Å². The maximum Gasteiger partial charge on any atom is 0.161 e. The molecule has 0 N–H and O–H groups in total. The molecule has 2 nitrogen and oxygen atoms in total. The van der Waals surface area contributed by atoms with Crippen molar-refractivity contribution in [1.29, 1.82) is 0 Å². The predicted octanol–water partition coefficient (Wildman–Crippen LogP) is 4.23. The molecule has 2 aromatic carbocycles. The normalized spacial score (nSPS) is 17.6. The van der Waals surface area contributed by atoms with Gasteiger partial charge in [-0.2, -0.15) is 0 Å². The van der Waals surface area contributed by atoms with E-state index in [1.54, 1.807) is 0 Å². The van der Waals surface area contributed by atoms with Crippen LogP contribution in [0.25, 0.3) is 0 Å². The zero-order valence-electron chi connectivity index (χ0n) is 11.8. The van der Waals surface area contributed by atoms with Crippen LogP contribution in [0, 0.1) is 6.92 Å². The van der Waals surface area contributed by atoms with Gasteiger partial charge in [0.1, 0.15) is 5.75 Å². The number of hydrogen-bond acceptors (Lipinski definition) is 2. The smallest absolute Gasteiger partial charge is 0.161 e. The van der Waals surface area contributed by atoms with E-state index in [1.165, 1.54) is 35.2 Å². The van der Waals surface area contributed by atoms with Crippen LogP contribution in [-0.4, -0.2) is 6.73 Å². The first kappa shape index (κ1) is 11.8. The van der Waals surface area contributed by atoms with Crippen LogP contribution in [-0.2, 0) is 6.54 Å². The lowest BCUT2D eigenvalue weighted by atomic mass is 10.1. The second-order valence-corrected chi connectivity index (χ2v) is 5.95. The summed E-state index contributed by atoms with van der Waals surface area (Å²) in [7, 11) is 0. The molecule has 1 aliphatic carbocycles. The molecule has 2 heteroatoms. The quantitative estimate of drug-likeness (QED) is 0.805. The van der Waals surface area contributed by atoms with Crippen LogP contribution in [0.2, 0.25) is 0 Å². The van der Waals surface area contributed by atoms with E-state index in [9.17, 15) is 0 Å². The van der Waals surface area contributed by atoms with Crippen LogP contribution in [0.4, 0.5) is 5.69 Å². The van der Waals surface area contributed by atoms with E-state index in [-0.39, 0.29) is 0 Å². The summed E-state index contributed by atoms with van der Waals surface area (Å²) in [6.07, 6.45) is 2.68. The number of fused-ring (bicyclic) bond motifs is 1. The largest absolute Gasteiger partial charge is 0.473 e. The number of benzene rings is 2. The monoisotopic (exact) mass is 265 g/mol. The van der Waals surface area contributed by atoms with Crippen molar-refractivity contribution in [3.05, 3.63) is 59.2 Å². The number of anilines is 1. The van der Waals surface area contributed by atoms with Gasteiger partial charge in [0.05, 0.1) is 0 Å². The molecule has 0 saturated heterocycles. The molecule has 0 atom stereocenters. The van der Waals surface area contributed by atoms with Gasteiger partial charge in [0, 0.05) is 17.8 Å². The van der Waals surface area contributed by atoms with Crippen LogP contribution < -0.4 is 9.64 Å². The Morgan fingerprint density at radius 1 is 1.10 bits per heavy atom. The van der Waals surface area contributed by atoms with Crippen molar-refractivity contribution in [3.63, 3.8) is 0 Å². The van der Waals surface area contributed by atoms with Gasteiger partial charge in [0.15, 0.2) is 6.73 Å². The fraction of sp³-hybridized carbons (Fsp3) is 0.333. The van der Waals surface area contributed by atoms with E-state index in [0.29, 0.717) is 6.73 Å². The molecule has 0 aromatic heterocycles. The molecule has 0 unspecified atom stereocenters. The Hall–Kier alpha value is -1.96. The van der Waals surface area contributed by atoms with Gasteiger partial charge in [-0.1, -0.05) is 24.3 Å². The highest BCUT2D eigenvalue weighted by molar-refractivity contribution is 5.52. The van der Waals surface area contributed by atoms with Gasteiger partial charge in [-0.15, -0.1) is 0 Å². The first-order valence-corrected chi connectivity index (χ1v) is 7.37. The fourth-order valence-electron chi connectivity index (χ4n) is 2.90. The lowest BCUT2D eigenvalue weighted by Gasteiger charge is -2.31. The summed E-state index contributed by atoms with van der Waals surface area (Å²) in [6, 6.07) is 15.4. The Bertz CT molecular complexity index is 646. The molecule has 2 aromatic rings. The predicted molar refractivity (Wildman–Crippen MR) is 81.3 cm³/mol. The van der Waals surface area contributed by atoms with Gasteiger partial charge in [-0.05, 0) is 55.0 Å². The molecule has 0 amide bonds. The minimum absolute atomic E-state index is 0.643. The van der Waals surface area contributed by atoms with Gasteiger partial charge < -0.3 is 9.64 Å². The molecule has 102 valence electrons. The van der Waals surface area contributed by atoms with E-state index >= 15 is 0 Å². The van der Waals surface area contributed by atoms with Crippen molar-refractivity contribution in [3.8, 4) is 5.75 Å². The Labute approximate surface area is 120 Å². The number of nitrogens with zero attached hydrogens (tertiary/aromatic N) is 1. The summed E-state index contributed by atoms with van der Waals surface area (Å²) in [4.78, 5) is 2.28. The number of ether oxygens (including phenoxy) is 1. The Balaban J connectivity index is 1.60. The van der Waals surface area contributed by atoms with E-state index in [4.69, 9.17) is 4.74 Å². The third-order valence-electron chi connectivity index (χ3n) is 4.24. The summed E-state index contributed by atoms with van der Waals surface area (Å²) in [5.74, 6) is 1.87. The molecule has 0 radical (unpaired) electrons. The first-order valence-electron chi connectivity index (χ1n) is 7.37. The van der Waals surface area contributed by atoms with Crippen LogP contribution in [0.1, 0.15) is 35.4 Å². The second kappa shape index (κ2) is 4.55. The average Bonchev–Trinajstić information content (AvgIpc) is 3.31. The Kier molecular flexibility index (Phi) is 2.69. The summed E-state index contributed by atoms with van der Waals surface area (Å²) in [5.41, 5.74) is 5.27. The van der Waals surface area contributed by atoms with Crippen molar-refractivity contribution in [2.45, 2.75) is 32.2 Å². The Morgan fingerprint density at radius 2 is 2.00 bits per heavy atom. The molecule has 4 rings (SSSR count). The molecule has 0 spiro atoms. The lowest BCUT2D eigenvalue weighted by Crippen LogP contribution is -2.31. The summed E-state index contributed by atoms with van der Waals surface area (Å²) >= 11 is 0. The van der Waals surface area contributed by atoms with Crippen molar-refractivity contribution < 1.29 is 4.74 Å². The minimum Gasteiger partial charge on any atom is -0.473 e. The van der Waals surface area contributed by atoms with Crippen molar-refractivity contribution in [2.24, 2.45) is 0 Å². The molecular formula is C18H19NO. The molecule has 1 aliphatic heterocycles. The standard InChI is InChI=1S/C18H19NO/c1-13-3-2-4-17(9-13)19-11-16-8-7-15(14-5-6-14)10-18(16)20-12-19/h2-4,7-10,14H,5-6,11-12H2,1H3. The second-order valence-electron chi connectivity index (χ2n) is 5.95. The SMILES string of the molecule is Cc1cccc(N2COc3cc(C4CC4)ccc3C2)c1. The van der Waals surface area contributed by atoms with Gasteiger partial charge >= 0.3 is 0 Å².